The Kier molecular flexibility index (Phi) is 3.89. The Morgan fingerprint density at radius 2 is 2.11 bits per heavy atom. The molecule has 1 fully saturated rings. The van der Waals surface area contributed by atoms with Crippen LogP contribution >= 0.6 is 11.3 Å². The molecule has 1 heterocycles. The SMILES string of the molecule is Cc1cccc(Cc2nnc(CCNC3CC3)s2)c1. The van der Waals surface area contributed by atoms with Gasteiger partial charge in [-0.15, -0.1) is 21.5 Å². The van der Waals surface area contributed by atoms with E-state index < -0.39 is 0 Å². The lowest BCUT2D eigenvalue weighted by Gasteiger charge is -1.99. The average molecular weight is 273 g/mol. The quantitative estimate of drug-likeness (QED) is 0.879. The first-order chi connectivity index (χ1) is 9.29. The fourth-order valence-electron chi connectivity index (χ4n) is 2.13. The molecule has 1 N–H and O–H groups in total. The lowest BCUT2D eigenvalue weighted by molar-refractivity contribution is 0.677. The predicted octanol–water partition coefficient (Wildman–Crippen LogP) is 2.73. The van der Waals surface area contributed by atoms with Crippen LogP contribution < -0.4 is 5.32 Å². The van der Waals surface area contributed by atoms with Gasteiger partial charge in [-0.1, -0.05) is 29.8 Å². The van der Waals surface area contributed by atoms with Gasteiger partial charge in [0.25, 0.3) is 0 Å². The van der Waals surface area contributed by atoms with Crippen molar-refractivity contribution in [3.63, 3.8) is 0 Å². The molecule has 100 valence electrons. The van der Waals surface area contributed by atoms with Gasteiger partial charge in [-0.25, -0.2) is 0 Å². The van der Waals surface area contributed by atoms with E-state index in [1.807, 2.05) is 0 Å². The number of nitrogens with zero attached hydrogens (tertiary/aromatic N) is 2. The fourth-order valence-corrected chi connectivity index (χ4v) is 3.01. The summed E-state index contributed by atoms with van der Waals surface area (Å²) in [6.45, 7) is 3.16. The molecule has 0 amide bonds. The third-order valence-corrected chi connectivity index (χ3v) is 4.28. The van der Waals surface area contributed by atoms with Crippen LogP contribution in [-0.2, 0) is 12.8 Å². The summed E-state index contributed by atoms with van der Waals surface area (Å²) in [5, 5.41) is 14.4. The van der Waals surface area contributed by atoms with E-state index in [0.717, 1.165) is 35.4 Å². The fraction of sp³-hybridized carbons (Fsp3) is 0.467. The summed E-state index contributed by atoms with van der Waals surface area (Å²) in [5.74, 6) is 0. The molecule has 4 heteroatoms. The number of aromatic nitrogens is 2. The molecule has 0 bridgehead atoms. The predicted molar refractivity (Wildman–Crippen MR) is 78.6 cm³/mol. The minimum atomic E-state index is 0.777. The van der Waals surface area contributed by atoms with E-state index in [1.165, 1.54) is 24.0 Å². The smallest absolute Gasteiger partial charge is 0.121 e. The van der Waals surface area contributed by atoms with Crippen molar-refractivity contribution in [2.24, 2.45) is 0 Å². The summed E-state index contributed by atoms with van der Waals surface area (Å²) in [4.78, 5) is 0. The van der Waals surface area contributed by atoms with Gasteiger partial charge < -0.3 is 5.32 Å². The van der Waals surface area contributed by atoms with E-state index in [-0.39, 0.29) is 0 Å². The number of hydrogen-bond acceptors (Lipinski definition) is 4. The number of aryl methyl sites for hydroxylation is 1. The molecule has 19 heavy (non-hydrogen) atoms. The maximum Gasteiger partial charge on any atom is 0.121 e. The molecule has 0 radical (unpaired) electrons. The van der Waals surface area contributed by atoms with Crippen LogP contribution in [0, 0.1) is 6.92 Å². The van der Waals surface area contributed by atoms with Crippen LogP contribution in [0.15, 0.2) is 24.3 Å². The van der Waals surface area contributed by atoms with Crippen molar-refractivity contribution < 1.29 is 0 Å². The minimum Gasteiger partial charge on any atom is -0.314 e. The van der Waals surface area contributed by atoms with Crippen LogP contribution in [-0.4, -0.2) is 22.8 Å². The van der Waals surface area contributed by atoms with Crippen molar-refractivity contribution in [2.75, 3.05) is 6.54 Å². The van der Waals surface area contributed by atoms with E-state index in [0.29, 0.717) is 0 Å². The van der Waals surface area contributed by atoms with Gasteiger partial charge in [0.2, 0.25) is 0 Å². The normalized spacial score (nSPS) is 14.8. The summed E-state index contributed by atoms with van der Waals surface area (Å²) in [5.41, 5.74) is 2.62. The van der Waals surface area contributed by atoms with Crippen LogP contribution in [0.4, 0.5) is 0 Å². The van der Waals surface area contributed by atoms with E-state index in [2.05, 4.69) is 46.7 Å². The van der Waals surface area contributed by atoms with Crippen molar-refractivity contribution >= 4 is 11.3 Å². The highest BCUT2D eigenvalue weighted by atomic mass is 32.1. The first-order valence-electron chi connectivity index (χ1n) is 6.90. The van der Waals surface area contributed by atoms with Gasteiger partial charge in [0.15, 0.2) is 0 Å². The molecule has 0 spiro atoms. The second-order valence-electron chi connectivity index (χ2n) is 5.23. The van der Waals surface area contributed by atoms with E-state index in [9.17, 15) is 0 Å². The molecular formula is C15H19N3S. The standard InChI is InChI=1S/C15H19N3S/c1-11-3-2-4-12(9-11)10-15-18-17-14(19-15)7-8-16-13-5-6-13/h2-4,9,13,16H,5-8,10H2,1H3. The Bertz CT molecular complexity index is 546. The summed E-state index contributed by atoms with van der Waals surface area (Å²) in [6, 6.07) is 9.38. The van der Waals surface area contributed by atoms with Crippen LogP contribution in [0.5, 0.6) is 0 Å². The van der Waals surface area contributed by atoms with Gasteiger partial charge in [-0.3, -0.25) is 0 Å². The molecule has 0 unspecified atom stereocenters. The molecule has 1 aromatic carbocycles. The summed E-state index contributed by atoms with van der Waals surface area (Å²) >= 11 is 1.74. The highest BCUT2D eigenvalue weighted by Gasteiger charge is 2.19. The van der Waals surface area contributed by atoms with Crippen molar-refractivity contribution in [2.45, 2.75) is 38.6 Å². The maximum absolute atomic E-state index is 4.30. The van der Waals surface area contributed by atoms with Crippen LogP contribution in [0.25, 0.3) is 0 Å². The molecule has 0 saturated heterocycles. The summed E-state index contributed by atoms with van der Waals surface area (Å²) < 4.78 is 0. The third kappa shape index (κ3) is 3.85. The Balaban J connectivity index is 1.54. The van der Waals surface area contributed by atoms with E-state index in [1.54, 1.807) is 11.3 Å². The lowest BCUT2D eigenvalue weighted by Crippen LogP contribution is -2.19. The molecule has 3 nitrogen and oxygen atoms in total. The van der Waals surface area contributed by atoms with Gasteiger partial charge >= 0.3 is 0 Å². The Labute approximate surface area is 118 Å². The van der Waals surface area contributed by atoms with Crippen LogP contribution in [0.1, 0.15) is 34.0 Å². The Morgan fingerprint density at radius 1 is 1.26 bits per heavy atom. The van der Waals surface area contributed by atoms with Crippen molar-refractivity contribution in [3.8, 4) is 0 Å². The lowest BCUT2D eigenvalue weighted by atomic mass is 10.1. The molecular weight excluding hydrogens is 254 g/mol. The van der Waals surface area contributed by atoms with Crippen LogP contribution in [0.2, 0.25) is 0 Å². The first-order valence-corrected chi connectivity index (χ1v) is 7.71. The Morgan fingerprint density at radius 3 is 2.89 bits per heavy atom. The molecule has 0 atom stereocenters. The molecule has 1 saturated carbocycles. The maximum atomic E-state index is 4.30. The molecule has 1 aromatic heterocycles. The first kappa shape index (κ1) is 12.8. The van der Waals surface area contributed by atoms with Crippen molar-refractivity contribution in [1.29, 1.82) is 0 Å². The average Bonchev–Trinajstić information content (AvgIpc) is 3.10. The molecule has 0 aliphatic heterocycles. The zero-order valence-corrected chi connectivity index (χ0v) is 12.0. The summed E-state index contributed by atoms with van der Waals surface area (Å²) in [6.07, 6.45) is 4.58. The topological polar surface area (TPSA) is 37.8 Å². The third-order valence-electron chi connectivity index (χ3n) is 3.30. The van der Waals surface area contributed by atoms with Gasteiger partial charge in [0, 0.05) is 25.4 Å². The van der Waals surface area contributed by atoms with E-state index in [4.69, 9.17) is 0 Å². The van der Waals surface area contributed by atoms with Gasteiger partial charge in [0.05, 0.1) is 0 Å². The van der Waals surface area contributed by atoms with E-state index >= 15 is 0 Å². The van der Waals surface area contributed by atoms with Gasteiger partial charge in [-0.05, 0) is 25.3 Å². The molecule has 3 rings (SSSR count). The van der Waals surface area contributed by atoms with Gasteiger partial charge in [-0.2, -0.15) is 0 Å². The number of nitrogens with one attached hydrogen (secondary N) is 1. The minimum absolute atomic E-state index is 0.777. The highest BCUT2D eigenvalue weighted by Crippen LogP contribution is 2.19. The number of rotatable bonds is 6. The molecule has 2 aromatic rings. The second kappa shape index (κ2) is 5.80. The Hall–Kier alpha value is -1.26. The largest absolute Gasteiger partial charge is 0.314 e. The number of benzene rings is 1. The monoisotopic (exact) mass is 273 g/mol. The van der Waals surface area contributed by atoms with Crippen LogP contribution in [0.3, 0.4) is 0 Å². The zero-order chi connectivity index (χ0) is 13.1. The zero-order valence-electron chi connectivity index (χ0n) is 11.2. The highest BCUT2D eigenvalue weighted by molar-refractivity contribution is 7.11. The molecule has 1 aliphatic carbocycles. The second-order valence-corrected chi connectivity index (χ2v) is 6.38. The van der Waals surface area contributed by atoms with Gasteiger partial charge in [0.1, 0.15) is 10.0 Å². The molecule has 1 aliphatic rings. The van der Waals surface area contributed by atoms with Crippen molar-refractivity contribution in [1.82, 2.24) is 15.5 Å². The van der Waals surface area contributed by atoms with Crippen molar-refractivity contribution in [3.05, 3.63) is 45.4 Å². The summed E-state index contributed by atoms with van der Waals surface area (Å²) in [7, 11) is 0. The number of hydrogen-bond donors (Lipinski definition) is 1.